The van der Waals surface area contributed by atoms with Gasteiger partial charge in [-0.1, -0.05) is 48.5 Å². The van der Waals surface area contributed by atoms with Gasteiger partial charge in [0.05, 0.1) is 23.0 Å². The fourth-order valence-electron chi connectivity index (χ4n) is 7.78. The number of carbonyl (C=O) groups is 1. The maximum absolute atomic E-state index is 14.1. The van der Waals surface area contributed by atoms with Crippen LogP contribution in [0.2, 0.25) is 0 Å². The van der Waals surface area contributed by atoms with Gasteiger partial charge in [0.25, 0.3) is 5.91 Å². The molecule has 5 heterocycles. The van der Waals surface area contributed by atoms with E-state index in [2.05, 4.69) is 98.9 Å². The lowest BCUT2D eigenvalue weighted by Crippen LogP contribution is -2.39. The van der Waals surface area contributed by atoms with E-state index < -0.39 is 0 Å². The van der Waals surface area contributed by atoms with Gasteiger partial charge in [-0.2, -0.15) is 0 Å². The third-order valence-electron chi connectivity index (χ3n) is 10.6. The molecular weight excluding hydrogens is 626 g/mol. The molecule has 0 saturated carbocycles. The Labute approximate surface area is 292 Å². The van der Waals surface area contributed by atoms with Gasteiger partial charge >= 0.3 is 0 Å². The van der Waals surface area contributed by atoms with Crippen molar-refractivity contribution in [1.82, 2.24) is 49.1 Å². The number of fused-ring (bicyclic) bond motifs is 1. The summed E-state index contributed by atoms with van der Waals surface area (Å²) in [5.41, 5.74) is 5.85. The van der Waals surface area contributed by atoms with Crippen molar-refractivity contribution in [1.29, 1.82) is 0 Å². The summed E-state index contributed by atoms with van der Waals surface area (Å²) in [4.78, 5) is 30.6. The Morgan fingerprint density at radius 2 is 1.76 bits per heavy atom. The number of likely N-dealkylation sites (tertiary alicyclic amines) is 1. The first kappa shape index (κ1) is 31.9. The highest BCUT2D eigenvalue weighted by Crippen LogP contribution is 2.39. The molecule has 1 amide bonds. The number of aromatic nitrogens is 8. The molecule has 3 aromatic carbocycles. The van der Waals surface area contributed by atoms with Crippen LogP contribution in [-0.2, 0) is 18.5 Å². The van der Waals surface area contributed by atoms with E-state index in [0.717, 1.165) is 94.3 Å². The molecule has 12 nitrogen and oxygen atoms in total. The number of carbonyl (C=O) groups excluding carboxylic acids is 1. The summed E-state index contributed by atoms with van der Waals surface area (Å²) < 4.78 is 6.09. The van der Waals surface area contributed by atoms with E-state index in [1.165, 1.54) is 11.1 Å². The molecule has 256 valence electrons. The molecule has 2 aliphatic rings. The molecule has 0 radical (unpaired) electrons. The van der Waals surface area contributed by atoms with E-state index >= 15 is 0 Å². The summed E-state index contributed by atoms with van der Waals surface area (Å²) in [6.07, 6.45) is 10.3. The van der Waals surface area contributed by atoms with Crippen molar-refractivity contribution in [2.75, 3.05) is 50.7 Å². The molecule has 1 unspecified atom stereocenters. The second kappa shape index (κ2) is 13.9. The molecule has 1 atom stereocenters. The van der Waals surface area contributed by atoms with Crippen LogP contribution in [-0.4, -0.2) is 101 Å². The van der Waals surface area contributed by atoms with E-state index in [0.29, 0.717) is 12.1 Å². The Morgan fingerprint density at radius 1 is 0.880 bits per heavy atom. The zero-order valence-electron chi connectivity index (χ0n) is 28.6. The molecular formula is C38H43N11O. The zero-order valence-corrected chi connectivity index (χ0v) is 28.6. The summed E-state index contributed by atoms with van der Waals surface area (Å²) in [5, 5.41) is 11.5. The number of anilines is 1. The van der Waals surface area contributed by atoms with E-state index in [-0.39, 0.29) is 11.3 Å². The molecule has 6 aromatic rings. The molecule has 0 aliphatic carbocycles. The van der Waals surface area contributed by atoms with Gasteiger partial charge in [-0.3, -0.25) is 4.79 Å². The number of amides is 1. The number of tetrazole rings is 1. The number of hydrogen-bond acceptors (Lipinski definition) is 8. The summed E-state index contributed by atoms with van der Waals surface area (Å²) in [6, 6.07) is 25.1. The maximum Gasteiger partial charge on any atom is 0.254 e. The average molecular weight is 670 g/mol. The molecule has 2 fully saturated rings. The predicted octanol–water partition coefficient (Wildman–Crippen LogP) is 4.60. The average Bonchev–Trinajstić information content (AvgIpc) is 3.98. The molecule has 12 heteroatoms. The monoisotopic (exact) mass is 669 g/mol. The van der Waals surface area contributed by atoms with Crippen LogP contribution >= 0.6 is 0 Å². The van der Waals surface area contributed by atoms with Gasteiger partial charge < -0.3 is 23.8 Å². The summed E-state index contributed by atoms with van der Waals surface area (Å²) in [6.45, 7) is 10.0. The minimum atomic E-state index is -0.106. The van der Waals surface area contributed by atoms with Crippen molar-refractivity contribution in [3.8, 4) is 5.69 Å². The number of benzene rings is 3. The largest absolute Gasteiger partial charge is 0.341 e. The quantitative estimate of drug-likeness (QED) is 0.209. The number of rotatable bonds is 10. The van der Waals surface area contributed by atoms with Gasteiger partial charge in [0.2, 0.25) is 5.95 Å². The second-order valence-corrected chi connectivity index (χ2v) is 13.7. The minimum Gasteiger partial charge on any atom is -0.341 e. The lowest BCUT2D eigenvalue weighted by molar-refractivity contribution is 0.0780. The molecule has 0 N–H and O–H groups in total. The Morgan fingerprint density at radius 3 is 2.60 bits per heavy atom. The topological polar surface area (TPSA) is 106 Å². The Balaban J connectivity index is 0.970. The first-order valence-corrected chi connectivity index (χ1v) is 17.6. The highest BCUT2D eigenvalue weighted by Gasteiger charge is 2.42. The van der Waals surface area contributed by atoms with Crippen LogP contribution in [0.1, 0.15) is 40.7 Å². The Bertz CT molecular complexity index is 2040. The Kier molecular flexibility index (Phi) is 8.84. The number of imidazole rings is 2. The third kappa shape index (κ3) is 6.38. The van der Waals surface area contributed by atoms with Crippen LogP contribution in [0.15, 0.2) is 97.8 Å². The third-order valence-corrected chi connectivity index (χ3v) is 10.6. The highest BCUT2D eigenvalue weighted by atomic mass is 16.2. The van der Waals surface area contributed by atoms with Crippen molar-refractivity contribution < 1.29 is 4.79 Å². The van der Waals surface area contributed by atoms with Gasteiger partial charge in [0.15, 0.2) is 0 Å². The SMILES string of the molecule is Cc1ccc(-n2cnnn2)cc1C(=O)N1CCC(CCN2CCCN(c3nc4ccccc4n3CCn3ccnc3)CC2)(c2ccccc2)C1. The van der Waals surface area contributed by atoms with E-state index in [1.54, 1.807) is 11.0 Å². The lowest BCUT2D eigenvalue weighted by Gasteiger charge is -2.33. The maximum atomic E-state index is 14.1. The van der Waals surface area contributed by atoms with Crippen LogP contribution in [0.4, 0.5) is 5.95 Å². The second-order valence-electron chi connectivity index (χ2n) is 13.7. The van der Waals surface area contributed by atoms with Crippen molar-refractivity contribution in [3.63, 3.8) is 0 Å². The number of aryl methyl sites for hydroxylation is 3. The lowest BCUT2D eigenvalue weighted by atomic mass is 9.76. The van der Waals surface area contributed by atoms with Gasteiger partial charge in [-0.25, -0.2) is 14.6 Å². The molecule has 2 aliphatic heterocycles. The standard InChI is InChI=1S/C38H43N11O/c1-30-12-13-32(49-29-40-42-43-49)26-33(30)36(50)47-20-15-38(27-47,31-8-3-2-4-9-31)14-19-44-17-7-18-46(24-22-44)37-41-34-10-5-6-11-35(34)48(37)25-23-45-21-16-39-28-45/h2-6,8-13,16,21,26,28-29H,7,14-15,17-20,22-25,27H2,1H3. The normalized spacial score (nSPS) is 18.6. The number of nitrogens with zero attached hydrogens (tertiary/aromatic N) is 11. The molecule has 50 heavy (non-hydrogen) atoms. The van der Waals surface area contributed by atoms with Gasteiger partial charge in [0.1, 0.15) is 6.33 Å². The van der Waals surface area contributed by atoms with Gasteiger partial charge in [0, 0.05) is 69.2 Å². The van der Waals surface area contributed by atoms with Crippen LogP contribution in [0.3, 0.4) is 0 Å². The molecule has 0 bridgehead atoms. The fourth-order valence-corrected chi connectivity index (χ4v) is 7.78. The van der Waals surface area contributed by atoms with Crippen molar-refractivity contribution >= 4 is 22.9 Å². The first-order valence-electron chi connectivity index (χ1n) is 17.6. The van der Waals surface area contributed by atoms with E-state index in [1.807, 2.05) is 43.8 Å². The molecule has 3 aromatic heterocycles. The molecule has 2 saturated heterocycles. The van der Waals surface area contributed by atoms with E-state index in [9.17, 15) is 4.79 Å². The van der Waals surface area contributed by atoms with Gasteiger partial charge in [-0.05, 0) is 85.1 Å². The minimum absolute atomic E-state index is 0.0663. The highest BCUT2D eigenvalue weighted by molar-refractivity contribution is 5.96. The predicted molar refractivity (Wildman–Crippen MR) is 192 cm³/mol. The first-order chi connectivity index (χ1) is 24.6. The number of para-hydroxylation sites is 2. The Hall–Kier alpha value is -5.36. The fraction of sp³-hybridized carbons (Fsp3) is 0.368. The van der Waals surface area contributed by atoms with Crippen LogP contribution in [0, 0.1) is 6.92 Å². The zero-order chi connectivity index (χ0) is 33.9. The molecule has 0 spiro atoms. The van der Waals surface area contributed by atoms with Crippen LogP contribution in [0.5, 0.6) is 0 Å². The summed E-state index contributed by atoms with van der Waals surface area (Å²) >= 11 is 0. The van der Waals surface area contributed by atoms with Gasteiger partial charge in [-0.15, -0.1) is 5.10 Å². The van der Waals surface area contributed by atoms with E-state index in [4.69, 9.17) is 4.98 Å². The van der Waals surface area contributed by atoms with Crippen LogP contribution < -0.4 is 4.90 Å². The van der Waals surface area contributed by atoms with Crippen molar-refractivity contribution in [2.24, 2.45) is 0 Å². The van der Waals surface area contributed by atoms with Crippen molar-refractivity contribution in [2.45, 2.75) is 44.7 Å². The van der Waals surface area contributed by atoms with Crippen molar-refractivity contribution in [3.05, 3.63) is 115 Å². The van der Waals surface area contributed by atoms with Crippen LogP contribution in [0.25, 0.3) is 16.7 Å². The molecule has 8 rings (SSSR count). The summed E-state index contributed by atoms with van der Waals surface area (Å²) in [5.74, 6) is 1.12. The smallest absolute Gasteiger partial charge is 0.254 e. The number of hydrogen-bond donors (Lipinski definition) is 0. The summed E-state index contributed by atoms with van der Waals surface area (Å²) in [7, 11) is 0.